The quantitative estimate of drug-likeness (QED) is 0.291. The van der Waals surface area contributed by atoms with E-state index in [1.54, 1.807) is 10.6 Å². The van der Waals surface area contributed by atoms with Crippen LogP contribution in [0, 0.1) is 5.82 Å². The number of hydrogen-bond donors (Lipinski definition) is 2. The van der Waals surface area contributed by atoms with Crippen LogP contribution in [0.4, 0.5) is 10.1 Å². The van der Waals surface area contributed by atoms with E-state index in [4.69, 9.17) is 0 Å². The topological polar surface area (TPSA) is 74.6 Å². The number of carboxylic acids is 1. The van der Waals surface area contributed by atoms with Gasteiger partial charge in [0.1, 0.15) is 11.4 Å². The SMILES string of the molecule is O=C(O)c1cn(CCCSC(c2ccccc2)c2ccccc2)c2cc(N3CCNCC3)c(F)cc2c1=O. The summed E-state index contributed by atoms with van der Waals surface area (Å²) < 4.78 is 16.9. The second-order valence-electron chi connectivity index (χ2n) is 9.35. The van der Waals surface area contributed by atoms with Crippen molar-refractivity contribution in [3.63, 3.8) is 0 Å². The second kappa shape index (κ2) is 11.8. The van der Waals surface area contributed by atoms with Crippen LogP contribution in [0.1, 0.15) is 33.2 Å². The predicted octanol–water partition coefficient (Wildman–Crippen LogP) is 5.16. The van der Waals surface area contributed by atoms with Crippen LogP contribution in [0.5, 0.6) is 0 Å². The fourth-order valence-corrected chi connectivity index (χ4v) is 6.19. The Bertz CT molecular complexity index is 1430. The van der Waals surface area contributed by atoms with Crippen molar-refractivity contribution in [3.8, 4) is 0 Å². The lowest BCUT2D eigenvalue weighted by atomic mass is 10.0. The van der Waals surface area contributed by atoms with Gasteiger partial charge in [0.15, 0.2) is 0 Å². The van der Waals surface area contributed by atoms with E-state index in [-0.39, 0.29) is 16.2 Å². The van der Waals surface area contributed by atoms with Gasteiger partial charge in [0.2, 0.25) is 5.43 Å². The molecule has 38 heavy (non-hydrogen) atoms. The first-order valence-corrected chi connectivity index (χ1v) is 13.8. The molecule has 3 aromatic carbocycles. The number of nitrogens with zero attached hydrogens (tertiary/aromatic N) is 2. The highest BCUT2D eigenvalue weighted by Crippen LogP contribution is 2.36. The number of hydrogen-bond acceptors (Lipinski definition) is 5. The zero-order chi connectivity index (χ0) is 26.5. The Morgan fingerprint density at radius 1 is 1.00 bits per heavy atom. The van der Waals surface area contributed by atoms with Crippen molar-refractivity contribution in [2.24, 2.45) is 0 Å². The van der Waals surface area contributed by atoms with Gasteiger partial charge in [0.25, 0.3) is 0 Å². The summed E-state index contributed by atoms with van der Waals surface area (Å²) in [6, 6.07) is 23.6. The molecule has 0 unspecified atom stereocenters. The molecule has 0 amide bonds. The number of rotatable bonds is 9. The lowest BCUT2D eigenvalue weighted by Crippen LogP contribution is -2.43. The lowest BCUT2D eigenvalue weighted by Gasteiger charge is -2.30. The molecule has 0 aliphatic carbocycles. The van der Waals surface area contributed by atoms with Crippen LogP contribution in [0.25, 0.3) is 10.9 Å². The average Bonchev–Trinajstić information content (AvgIpc) is 2.95. The van der Waals surface area contributed by atoms with Crippen molar-refractivity contribution < 1.29 is 14.3 Å². The van der Waals surface area contributed by atoms with Crippen molar-refractivity contribution >= 4 is 34.3 Å². The van der Waals surface area contributed by atoms with Gasteiger partial charge < -0.3 is 19.9 Å². The standard InChI is InChI=1S/C30H30FN3O3S/c31-25-18-23-26(19-27(25)33-15-12-32-13-16-33)34(20-24(28(23)35)30(36)37)14-7-17-38-29(21-8-3-1-4-9-21)22-10-5-2-6-11-22/h1-6,8-11,18-20,29,32H,7,12-17H2,(H,36,37). The molecule has 8 heteroatoms. The molecule has 1 aliphatic rings. The fraction of sp³-hybridized carbons (Fsp3) is 0.267. The molecule has 196 valence electrons. The highest BCUT2D eigenvalue weighted by molar-refractivity contribution is 7.99. The molecule has 1 fully saturated rings. The number of aromatic nitrogens is 1. The van der Waals surface area contributed by atoms with E-state index in [0.29, 0.717) is 30.8 Å². The number of fused-ring (bicyclic) bond motifs is 1. The molecule has 5 rings (SSSR count). The number of carboxylic acid groups (broad SMARTS) is 1. The van der Waals surface area contributed by atoms with Gasteiger partial charge in [-0.05, 0) is 35.4 Å². The summed E-state index contributed by atoms with van der Waals surface area (Å²) in [5.74, 6) is -0.995. The minimum atomic E-state index is -1.31. The van der Waals surface area contributed by atoms with E-state index in [9.17, 15) is 14.7 Å². The monoisotopic (exact) mass is 531 g/mol. The fourth-order valence-electron chi connectivity index (χ4n) is 4.96. The zero-order valence-electron chi connectivity index (χ0n) is 21.0. The van der Waals surface area contributed by atoms with Crippen molar-refractivity contribution in [2.75, 3.05) is 36.8 Å². The molecule has 0 bridgehead atoms. The van der Waals surface area contributed by atoms with Crippen molar-refractivity contribution in [3.05, 3.63) is 112 Å². The number of halogens is 1. The Hall–Kier alpha value is -3.62. The third kappa shape index (κ3) is 5.61. The summed E-state index contributed by atoms with van der Waals surface area (Å²) in [4.78, 5) is 26.7. The smallest absolute Gasteiger partial charge is 0.341 e. The Balaban J connectivity index is 1.41. The minimum Gasteiger partial charge on any atom is -0.477 e. The Morgan fingerprint density at radius 3 is 2.24 bits per heavy atom. The van der Waals surface area contributed by atoms with Crippen LogP contribution < -0.4 is 15.6 Å². The van der Waals surface area contributed by atoms with E-state index >= 15 is 4.39 Å². The Morgan fingerprint density at radius 2 is 1.63 bits per heavy atom. The summed E-state index contributed by atoms with van der Waals surface area (Å²) in [5.41, 5.74) is 2.45. The second-order valence-corrected chi connectivity index (χ2v) is 10.6. The highest BCUT2D eigenvalue weighted by Gasteiger charge is 2.21. The molecule has 6 nitrogen and oxygen atoms in total. The summed E-state index contributed by atoms with van der Waals surface area (Å²) in [6.45, 7) is 3.34. The van der Waals surface area contributed by atoms with Crippen LogP contribution in [0.15, 0.2) is 83.8 Å². The van der Waals surface area contributed by atoms with Gasteiger partial charge in [-0.25, -0.2) is 9.18 Å². The average molecular weight is 532 g/mol. The zero-order valence-corrected chi connectivity index (χ0v) is 21.8. The van der Waals surface area contributed by atoms with Gasteiger partial charge in [-0.15, -0.1) is 11.8 Å². The number of nitrogens with one attached hydrogen (secondary N) is 1. The van der Waals surface area contributed by atoms with E-state index in [1.165, 1.54) is 23.4 Å². The van der Waals surface area contributed by atoms with Crippen LogP contribution in [0.2, 0.25) is 0 Å². The number of benzene rings is 3. The maximum absolute atomic E-state index is 15.1. The number of pyridine rings is 1. The van der Waals surface area contributed by atoms with Crippen molar-refractivity contribution in [1.29, 1.82) is 0 Å². The van der Waals surface area contributed by atoms with Crippen molar-refractivity contribution in [2.45, 2.75) is 18.2 Å². The molecule has 2 N–H and O–H groups in total. The van der Waals surface area contributed by atoms with Crippen LogP contribution >= 0.6 is 11.8 Å². The van der Waals surface area contributed by atoms with Crippen LogP contribution in [0.3, 0.4) is 0 Å². The summed E-state index contributed by atoms with van der Waals surface area (Å²) in [7, 11) is 0. The maximum atomic E-state index is 15.1. The van der Waals surface area contributed by atoms with E-state index in [0.717, 1.165) is 25.3 Å². The maximum Gasteiger partial charge on any atom is 0.341 e. The Labute approximate surface area is 225 Å². The molecule has 0 atom stereocenters. The molecule has 0 spiro atoms. The third-order valence-corrected chi connectivity index (χ3v) is 8.27. The lowest BCUT2D eigenvalue weighted by molar-refractivity contribution is 0.0694. The molecular weight excluding hydrogens is 501 g/mol. The normalized spacial score (nSPS) is 13.8. The minimum absolute atomic E-state index is 0.0976. The van der Waals surface area contributed by atoms with E-state index in [1.807, 2.05) is 53.1 Å². The molecule has 0 saturated carbocycles. The molecule has 1 aromatic heterocycles. The van der Waals surface area contributed by atoms with Gasteiger partial charge in [-0.2, -0.15) is 0 Å². The number of anilines is 1. The largest absolute Gasteiger partial charge is 0.477 e. The molecule has 4 aromatic rings. The first-order valence-electron chi connectivity index (χ1n) is 12.8. The van der Waals surface area contributed by atoms with Gasteiger partial charge in [0.05, 0.1) is 16.5 Å². The van der Waals surface area contributed by atoms with Crippen LogP contribution in [-0.2, 0) is 6.54 Å². The molecule has 1 aliphatic heterocycles. The first kappa shape index (κ1) is 26.0. The molecular formula is C30H30FN3O3S. The van der Waals surface area contributed by atoms with Gasteiger partial charge in [0, 0.05) is 44.3 Å². The predicted molar refractivity (Wildman–Crippen MR) is 152 cm³/mol. The number of carbonyl (C=O) groups is 1. The Kier molecular flexibility index (Phi) is 8.10. The third-order valence-electron chi connectivity index (χ3n) is 6.87. The number of aromatic carboxylic acids is 1. The number of aryl methyl sites for hydroxylation is 1. The van der Waals surface area contributed by atoms with Gasteiger partial charge in [-0.3, -0.25) is 4.79 Å². The number of piperazine rings is 1. The van der Waals surface area contributed by atoms with E-state index in [2.05, 4.69) is 29.6 Å². The molecule has 1 saturated heterocycles. The number of thioether (sulfide) groups is 1. The van der Waals surface area contributed by atoms with Gasteiger partial charge >= 0.3 is 5.97 Å². The summed E-state index contributed by atoms with van der Waals surface area (Å²) in [5, 5.41) is 13.2. The highest BCUT2D eigenvalue weighted by atomic mass is 32.2. The first-order chi connectivity index (χ1) is 18.5. The van der Waals surface area contributed by atoms with Crippen molar-refractivity contribution in [1.82, 2.24) is 9.88 Å². The molecule has 2 heterocycles. The van der Waals surface area contributed by atoms with E-state index < -0.39 is 17.2 Å². The summed E-state index contributed by atoms with van der Waals surface area (Å²) in [6.07, 6.45) is 2.15. The van der Waals surface area contributed by atoms with Crippen LogP contribution in [-0.4, -0.2) is 47.6 Å². The summed E-state index contributed by atoms with van der Waals surface area (Å²) >= 11 is 1.83. The van der Waals surface area contributed by atoms with Gasteiger partial charge in [-0.1, -0.05) is 60.7 Å². The molecule has 0 radical (unpaired) electrons.